The van der Waals surface area contributed by atoms with Crippen LogP contribution < -0.4 is 5.73 Å². The zero-order chi connectivity index (χ0) is 9.19. The molecule has 12 heavy (non-hydrogen) atoms. The van der Waals surface area contributed by atoms with Crippen LogP contribution in [0.15, 0.2) is 36.9 Å². The number of nitrogens with two attached hydrogens (primary N) is 1. The van der Waals surface area contributed by atoms with Crippen LogP contribution in [0, 0.1) is 0 Å². The number of benzene rings is 1. The monoisotopic (exact) mass is 181 g/mol. The maximum atomic E-state index is 5.93. The van der Waals surface area contributed by atoms with Crippen LogP contribution in [0.5, 0.6) is 0 Å². The van der Waals surface area contributed by atoms with Crippen molar-refractivity contribution in [3.05, 3.63) is 47.5 Å². The van der Waals surface area contributed by atoms with Gasteiger partial charge in [-0.2, -0.15) is 0 Å². The molecule has 0 bridgehead atoms. The van der Waals surface area contributed by atoms with E-state index >= 15 is 0 Å². The van der Waals surface area contributed by atoms with Gasteiger partial charge in [0, 0.05) is 5.02 Å². The highest BCUT2D eigenvalue weighted by Crippen LogP contribution is 2.21. The van der Waals surface area contributed by atoms with Crippen LogP contribution in [0.2, 0.25) is 5.02 Å². The first-order chi connectivity index (χ1) is 5.56. The van der Waals surface area contributed by atoms with Gasteiger partial charge in [0.2, 0.25) is 0 Å². The fraction of sp³-hybridized carbons (Fsp3) is 0.200. The Morgan fingerprint density at radius 3 is 2.75 bits per heavy atom. The first kappa shape index (κ1) is 9.30. The van der Waals surface area contributed by atoms with E-state index in [1.165, 1.54) is 0 Å². The molecule has 0 fully saturated rings. The van der Waals surface area contributed by atoms with Gasteiger partial charge >= 0.3 is 0 Å². The molecule has 1 atom stereocenters. The highest BCUT2D eigenvalue weighted by Gasteiger charge is 2.15. The Labute approximate surface area is 77.8 Å². The summed E-state index contributed by atoms with van der Waals surface area (Å²) in [6.45, 7) is 5.56. The zero-order valence-corrected chi connectivity index (χ0v) is 7.81. The molecule has 2 heteroatoms. The molecule has 1 aromatic carbocycles. The highest BCUT2D eigenvalue weighted by atomic mass is 35.5. The first-order valence-corrected chi connectivity index (χ1v) is 4.12. The fourth-order valence-electron chi connectivity index (χ4n) is 0.941. The first-order valence-electron chi connectivity index (χ1n) is 3.75. The van der Waals surface area contributed by atoms with Crippen molar-refractivity contribution < 1.29 is 0 Å². The molecule has 1 nitrogen and oxygen atoms in total. The van der Waals surface area contributed by atoms with Gasteiger partial charge in [0.05, 0.1) is 5.54 Å². The summed E-state index contributed by atoms with van der Waals surface area (Å²) in [5.74, 6) is 0. The molecule has 0 radical (unpaired) electrons. The molecular formula is C10H12ClN. The highest BCUT2D eigenvalue weighted by molar-refractivity contribution is 6.30. The summed E-state index contributed by atoms with van der Waals surface area (Å²) in [4.78, 5) is 0. The Morgan fingerprint density at radius 1 is 1.58 bits per heavy atom. The molecule has 1 aromatic rings. The molecule has 0 amide bonds. The van der Waals surface area contributed by atoms with E-state index in [4.69, 9.17) is 17.3 Å². The summed E-state index contributed by atoms with van der Waals surface area (Å²) in [5.41, 5.74) is 6.41. The standard InChI is InChI=1S/C10H12ClN/c1-3-10(2,12)8-5-4-6-9(11)7-8/h3-7H,1,12H2,2H3. The minimum absolute atomic E-state index is 0.495. The summed E-state index contributed by atoms with van der Waals surface area (Å²) in [7, 11) is 0. The second-order valence-corrected chi connectivity index (χ2v) is 3.43. The van der Waals surface area contributed by atoms with Crippen LogP contribution in [-0.2, 0) is 5.54 Å². The van der Waals surface area contributed by atoms with E-state index in [1.807, 2.05) is 31.2 Å². The average molecular weight is 182 g/mol. The van der Waals surface area contributed by atoms with Crippen LogP contribution in [0.4, 0.5) is 0 Å². The zero-order valence-electron chi connectivity index (χ0n) is 7.05. The van der Waals surface area contributed by atoms with Gasteiger partial charge in [0.15, 0.2) is 0 Å². The lowest BCUT2D eigenvalue weighted by molar-refractivity contribution is 0.632. The van der Waals surface area contributed by atoms with Crippen molar-refractivity contribution in [3.8, 4) is 0 Å². The Kier molecular flexibility index (Phi) is 2.55. The SMILES string of the molecule is C=CC(C)(N)c1cccc(Cl)c1. The van der Waals surface area contributed by atoms with Gasteiger partial charge in [-0.3, -0.25) is 0 Å². The molecule has 64 valence electrons. The van der Waals surface area contributed by atoms with Crippen molar-refractivity contribution in [2.45, 2.75) is 12.5 Å². The summed E-state index contributed by atoms with van der Waals surface area (Å²) >= 11 is 5.82. The minimum Gasteiger partial charge on any atom is -0.318 e. The third-order valence-electron chi connectivity index (χ3n) is 1.87. The van der Waals surface area contributed by atoms with Crippen molar-refractivity contribution in [1.29, 1.82) is 0 Å². The molecule has 1 unspecified atom stereocenters. The number of hydrogen-bond acceptors (Lipinski definition) is 1. The lowest BCUT2D eigenvalue weighted by Gasteiger charge is -2.20. The van der Waals surface area contributed by atoms with Gasteiger partial charge in [-0.1, -0.05) is 29.8 Å². The van der Waals surface area contributed by atoms with Gasteiger partial charge in [-0.05, 0) is 24.6 Å². The Bertz CT molecular complexity index is 292. The summed E-state index contributed by atoms with van der Waals surface area (Å²) in [5, 5.41) is 0.700. The maximum absolute atomic E-state index is 5.93. The average Bonchev–Trinajstić information content (AvgIpc) is 2.05. The second-order valence-electron chi connectivity index (χ2n) is 3.00. The van der Waals surface area contributed by atoms with E-state index in [-0.39, 0.29) is 0 Å². The second kappa shape index (κ2) is 3.30. The van der Waals surface area contributed by atoms with E-state index in [1.54, 1.807) is 6.08 Å². The summed E-state index contributed by atoms with van der Waals surface area (Å²) < 4.78 is 0. The van der Waals surface area contributed by atoms with Crippen molar-refractivity contribution >= 4 is 11.6 Å². The summed E-state index contributed by atoms with van der Waals surface area (Å²) in [6, 6.07) is 7.49. The molecule has 0 aliphatic carbocycles. The topological polar surface area (TPSA) is 26.0 Å². The maximum Gasteiger partial charge on any atom is 0.0564 e. The van der Waals surface area contributed by atoms with Crippen LogP contribution in [0.25, 0.3) is 0 Å². The van der Waals surface area contributed by atoms with Crippen LogP contribution in [0.3, 0.4) is 0 Å². The van der Waals surface area contributed by atoms with Crippen molar-refractivity contribution in [3.63, 3.8) is 0 Å². The van der Waals surface area contributed by atoms with Crippen LogP contribution >= 0.6 is 11.6 Å². The normalized spacial score (nSPS) is 15.2. The molecule has 0 aliphatic heterocycles. The lowest BCUT2D eigenvalue weighted by Crippen LogP contribution is -2.29. The van der Waals surface area contributed by atoms with Crippen molar-refractivity contribution in [1.82, 2.24) is 0 Å². The van der Waals surface area contributed by atoms with Gasteiger partial charge < -0.3 is 5.73 Å². The third kappa shape index (κ3) is 1.87. The predicted octanol–water partition coefficient (Wildman–Crippen LogP) is 2.70. The molecule has 0 spiro atoms. The Balaban J connectivity index is 3.11. The van der Waals surface area contributed by atoms with E-state index in [0.717, 1.165) is 5.56 Å². The Hall–Kier alpha value is -0.790. The number of halogens is 1. The van der Waals surface area contributed by atoms with E-state index < -0.39 is 5.54 Å². The van der Waals surface area contributed by atoms with Gasteiger partial charge in [-0.25, -0.2) is 0 Å². The van der Waals surface area contributed by atoms with Crippen LogP contribution in [-0.4, -0.2) is 0 Å². The van der Waals surface area contributed by atoms with Gasteiger partial charge in [0.25, 0.3) is 0 Å². The van der Waals surface area contributed by atoms with E-state index in [2.05, 4.69) is 6.58 Å². The van der Waals surface area contributed by atoms with E-state index in [0.29, 0.717) is 5.02 Å². The van der Waals surface area contributed by atoms with Crippen LogP contribution in [0.1, 0.15) is 12.5 Å². The minimum atomic E-state index is -0.495. The van der Waals surface area contributed by atoms with Gasteiger partial charge in [0.1, 0.15) is 0 Å². The van der Waals surface area contributed by atoms with Gasteiger partial charge in [-0.15, -0.1) is 6.58 Å². The largest absolute Gasteiger partial charge is 0.318 e. The molecule has 0 aliphatic rings. The molecular weight excluding hydrogens is 170 g/mol. The third-order valence-corrected chi connectivity index (χ3v) is 2.11. The fourth-order valence-corrected chi connectivity index (χ4v) is 1.13. The molecule has 0 saturated carbocycles. The molecule has 0 aromatic heterocycles. The number of rotatable bonds is 2. The Morgan fingerprint density at radius 2 is 2.25 bits per heavy atom. The smallest absolute Gasteiger partial charge is 0.0564 e. The molecule has 0 saturated heterocycles. The van der Waals surface area contributed by atoms with E-state index in [9.17, 15) is 0 Å². The van der Waals surface area contributed by atoms with Crippen molar-refractivity contribution in [2.75, 3.05) is 0 Å². The molecule has 0 heterocycles. The predicted molar refractivity (Wildman–Crippen MR) is 53.2 cm³/mol. The quantitative estimate of drug-likeness (QED) is 0.698. The summed E-state index contributed by atoms with van der Waals surface area (Å²) in [6.07, 6.45) is 1.71. The molecule has 1 rings (SSSR count). The van der Waals surface area contributed by atoms with Crippen molar-refractivity contribution in [2.24, 2.45) is 5.73 Å². The number of hydrogen-bond donors (Lipinski definition) is 1. The lowest BCUT2D eigenvalue weighted by atomic mass is 9.94. The molecule has 2 N–H and O–H groups in total.